The smallest absolute Gasteiger partial charge is 0.347 e. The number of fused-ring (bicyclic) bond motifs is 1. The lowest BCUT2D eigenvalue weighted by Crippen LogP contribution is -2.31. The van der Waals surface area contributed by atoms with Crippen LogP contribution in [0.4, 0.5) is 5.82 Å². The van der Waals surface area contributed by atoms with Crippen molar-refractivity contribution >= 4 is 5.82 Å². The van der Waals surface area contributed by atoms with E-state index in [2.05, 4.69) is 15.3 Å². The second kappa shape index (κ2) is 3.42. The normalized spacial score (nSPS) is 15.0. The summed E-state index contributed by atoms with van der Waals surface area (Å²) in [5.41, 5.74) is 1.88. The molecule has 14 heavy (non-hydrogen) atoms. The molecule has 2 N–H and O–H groups in total. The maximum absolute atomic E-state index is 11.3. The van der Waals surface area contributed by atoms with Gasteiger partial charge in [0.15, 0.2) is 0 Å². The molecule has 0 unspecified atom stereocenters. The van der Waals surface area contributed by atoms with Crippen LogP contribution in [0, 0.1) is 0 Å². The summed E-state index contributed by atoms with van der Waals surface area (Å²) < 4.78 is 0. The van der Waals surface area contributed by atoms with Crippen molar-refractivity contribution in [2.45, 2.75) is 13.0 Å². The fourth-order valence-electron chi connectivity index (χ4n) is 1.73. The number of aromatic nitrogens is 2. The van der Waals surface area contributed by atoms with Crippen LogP contribution in [0.3, 0.4) is 0 Å². The minimum absolute atomic E-state index is 0.255. The molecule has 0 radical (unpaired) electrons. The maximum Gasteiger partial charge on any atom is 0.347 e. The van der Waals surface area contributed by atoms with Gasteiger partial charge in [-0.15, -0.1) is 0 Å². The molecular weight excluding hydrogens is 180 g/mol. The number of nitrogens with zero attached hydrogens (tertiary/aromatic N) is 2. The van der Waals surface area contributed by atoms with E-state index in [1.807, 2.05) is 19.0 Å². The van der Waals surface area contributed by atoms with Crippen LogP contribution in [-0.4, -0.2) is 30.6 Å². The second-order valence-corrected chi connectivity index (χ2v) is 3.64. The van der Waals surface area contributed by atoms with Gasteiger partial charge in [-0.25, -0.2) is 4.79 Å². The van der Waals surface area contributed by atoms with Crippen LogP contribution < -0.4 is 15.9 Å². The molecule has 1 aliphatic heterocycles. The van der Waals surface area contributed by atoms with Crippen LogP contribution in [-0.2, 0) is 13.0 Å². The molecule has 1 aromatic heterocycles. The molecule has 0 saturated carbocycles. The Morgan fingerprint density at radius 1 is 1.43 bits per heavy atom. The quantitative estimate of drug-likeness (QED) is 0.631. The summed E-state index contributed by atoms with van der Waals surface area (Å²) in [6, 6.07) is 0. The molecular formula is C9H14N4O. The Labute approximate surface area is 82.2 Å². The summed E-state index contributed by atoms with van der Waals surface area (Å²) in [4.78, 5) is 19.9. The second-order valence-electron chi connectivity index (χ2n) is 3.64. The third-order valence-electron chi connectivity index (χ3n) is 2.38. The highest BCUT2D eigenvalue weighted by molar-refractivity contribution is 5.48. The van der Waals surface area contributed by atoms with Gasteiger partial charge in [0.2, 0.25) is 0 Å². The number of nitrogens with one attached hydrogen (secondary N) is 2. The fourth-order valence-corrected chi connectivity index (χ4v) is 1.73. The largest absolute Gasteiger partial charge is 0.362 e. The third kappa shape index (κ3) is 1.50. The first kappa shape index (κ1) is 9.21. The zero-order valence-electron chi connectivity index (χ0n) is 8.42. The predicted molar refractivity (Wildman–Crippen MR) is 54.6 cm³/mol. The average Bonchev–Trinajstić information content (AvgIpc) is 2.16. The Kier molecular flexibility index (Phi) is 2.25. The van der Waals surface area contributed by atoms with Gasteiger partial charge < -0.3 is 15.2 Å². The molecule has 0 spiro atoms. The van der Waals surface area contributed by atoms with E-state index in [0.29, 0.717) is 0 Å². The molecule has 0 saturated heterocycles. The molecule has 2 rings (SSSR count). The summed E-state index contributed by atoms with van der Waals surface area (Å²) >= 11 is 0. The molecule has 76 valence electrons. The molecule has 5 nitrogen and oxygen atoms in total. The van der Waals surface area contributed by atoms with Gasteiger partial charge in [-0.05, 0) is 0 Å². The zero-order chi connectivity index (χ0) is 10.1. The summed E-state index contributed by atoms with van der Waals surface area (Å²) in [6.45, 7) is 1.70. The molecule has 0 aliphatic carbocycles. The minimum Gasteiger partial charge on any atom is -0.362 e. The highest BCUT2D eigenvalue weighted by Gasteiger charge is 2.16. The lowest BCUT2D eigenvalue weighted by atomic mass is 10.1. The van der Waals surface area contributed by atoms with Gasteiger partial charge in [-0.3, -0.25) is 0 Å². The Morgan fingerprint density at radius 2 is 2.21 bits per heavy atom. The molecule has 0 fully saturated rings. The number of hydrogen-bond donors (Lipinski definition) is 2. The van der Waals surface area contributed by atoms with Gasteiger partial charge in [0.25, 0.3) is 0 Å². The van der Waals surface area contributed by atoms with Crippen LogP contribution in [0.5, 0.6) is 0 Å². The first-order valence-electron chi connectivity index (χ1n) is 4.68. The topological polar surface area (TPSA) is 61.0 Å². The van der Waals surface area contributed by atoms with E-state index in [1.165, 1.54) is 0 Å². The number of anilines is 1. The number of H-pyrrole nitrogens is 1. The summed E-state index contributed by atoms with van der Waals surface area (Å²) in [5.74, 6) is 0.774. The molecule has 1 aliphatic rings. The fraction of sp³-hybridized carbons (Fsp3) is 0.556. The van der Waals surface area contributed by atoms with E-state index < -0.39 is 0 Å². The number of hydrogen-bond acceptors (Lipinski definition) is 4. The van der Waals surface area contributed by atoms with Gasteiger partial charge in [0, 0.05) is 44.9 Å². The predicted octanol–water partition coefficient (Wildman–Crippen LogP) is -0.518. The summed E-state index contributed by atoms with van der Waals surface area (Å²) in [5, 5.41) is 3.27. The highest BCUT2D eigenvalue weighted by atomic mass is 16.1. The van der Waals surface area contributed by atoms with Crippen molar-refractivity contribution in [3.05, 3.63) is 21.7 Å². The Morgan fingerprint density at radius 3 is 2.93 bits per heavy atom. The molecule has 0 atom stereocenters. The molecule has 0 amide bonds. The van der Waals surface area contributed by atoms with Gasteiger partial charge in [-0.2, -0.15) is 4.98 Å². The van der Waals surface area contributed by atoms with Gasteiger partial charge in [0.1, 0.15) is 5.82 Å². The summed E-state index contributed by atoms with van der Waals surface area (Å²) in [7, 11) is 3.80. The van der Waals surface area contributed by atoms with Crippen molar-refractivity contribution in [3.8, 4) is 0 Å². The Bertz CT molecular complexity index is 396. The van der Waals surface area contributed by atoms with Gasteiger partial charge >= 0.3 is 5.69 Å². The van der Waals surface area contributed by atoms with Crippen LogP contribution in [0.2, 0.25) is 0 Å². The lowest BCUT2D eigenvalue weighted by Gasteiger charge is -2.22. The maximum atomic E-state index is 11.3. The van der Waals surface area contributed by atoms with Crippen molar-refractivity contribution in [1.82, 2.24) is 15.3 Å². The van der Waals surface area contributed by atoms with Crippen LogP contribution in [0.15, 0.2) is 4.79 Å². The van der Waals surface area contributed by atoms with E-state index in [4.69, 9.17) is 0 Å². The molecule has 0 bridgehead atoms. The first-order valence-corrected chi connectivity index (χ1v) is 4.68. The van der Waals surface area contributed by atoms with Crippen LogP contribution in [0.1, 0.15) is 11.3 Å². The third-order valence-corrected chi connectivity index (χ3v) is 2.38. The lowest BCUT2D eigenvalue weighted by molar-refractivity contribution is 0.621. The molecule has 0 aromatic carbocycles. The van der Waals surface area contributed by atoms with Gasteiger partial charge in [-0.1, -0.05) is 0 Å². The SMILES string of the molecule is CN(C)c1nc(=O)[nH]c2c1CNCC2. The number of aromatic amines is 1. The minimum atomic E-state index is -0.255. The monoisotopic (exact) mass is 194 g/mol. The van der Waals surface area contributed by atoms with E-state index in [9.17, 15) is 4.79 Å². The van der Waals surface area contributed by atoms with Crippen LogP contribution >= 0.6 is 0 Å². The Hall–Kier alpha value is -1.36. The average molecular weight is 194 g/mol. The van der Waals surface area contributed by atoms with E-state index in [0.717, 1.165) is 36.6 Å². The van der Waals surface area contributed by atoms with E-state index >= 15 is 0 Å². The summed E-state index contributed by atoms with van der Waals surface area (Å²) in [6.07, 6.45) is 0.869. The number of rotatable bonds is 1. The molecule has 1 aromatic rings. The first-order chi connectivity index (χ1) is 6.68. The van der Waals surface area contributed by atoms with Crippen molar-refractivity contribution in [3.63, 3.8) is 0 Å². The molecule has 2 heterocycles. The van der Waals surface area contributed by atoms with E-state index in [1.54, 1.807) is 0 Å². The molecule has 5 heteroatoms. The van der Waals surface area contributed by atoms with Crippen molar-refractivity contribution in [2.24, 2.45) is 0 Å². The van der Waals surface area contributed by atoms with Crippen molar-refractivity contribution < 1.29 is 0 Å². The zero-order valence-corrected chi connectivity index (χ0v) is 8.42. The Balaban J connectivity index is 2.58. The highest BCUT2D eigenvalue weighted by Crippen LogP contribution is 2.18. The van der Waals surface area contributed by atoms with Crippen molar-refractivity contribution in [2.75, 3.05) is 25.5 Å². The standard InChI is InChI=1S/C9H14N4O/c1-13(2)8-6-5-10-4-3-7(6)11-9(14)12-8/h10H,3-5H2,1-2H3,(H,11,12,14). The van der Waals surface area contributed by atoms with Crippen molar-refractivity contribution in [1.29, 1.82) is 0 Å². The van der Waals surface area contributed by atoms with E-state index in [-0.39, 0.29) is 5.69 Å². The van der Waals surface area contributed by atoms with Gasteiger partial charge in [0.05, 0.1) is 0 Å². The van der Waals surface area contributed by atoms with Crippen LogP contribution in [0.25, 0.3) is 0 Å².